The number of carbonyl (C=O) groups excluding carboxylic acids is 1. The van der Waals surface area contributed by atoms with Gasteiger partial charge in [0.15, 0.2) is 0 Å². The molecule has 3 heterocycles. The molecule has 0 bridgehead atoms. The fraction of sp³-hybridized carbons (Fsp3) is 0.125. The van der Waals surface area contributed by atoms with Gasteiger partial charge < -0.3 is 21.1 Å². The number of aliphatic hydroxyl groups is 1. The minimum atomic E-state index is -3.10. The van der Waals surface area contributed by atoms with Crippen LogP contribution in [0.2, 0.25) is 0 Å². The molecule has 1 aromatic carbocycles. The predicted molar refractivity (Wildman–Crippen MR) is 145 cm³/mol. The van der Waals surface area contributed by atoms with Crippen LogP contribution in [0.1, 0.15) is 6.92 Å². The summed E-state index contributed by atoms with van der Waals surface area (Å²) in [6.45, 7) is 1.81. The van der Waals surface area contributed by atoms with Gasteiger partial charge in [-0.25, -0.2) is 14.0 Å². The summed E-state index contributed by atoms with van der Waals surface area (Å²) in [5, 5.41) is 20.3. The van der Waals surface area contributed by atoms with Gasteiger partial charge in [0.2, 0.25) is 5.95 Å². The maximum atomic E-state index is 13.0. The number of amides is 2. The SMILES string of the molecule is C=S(=O)(NC(=O)Nc1cccnc1)c1ccc(Nc2ncc(-c3cccs3)c(N[C@H](C)CO)n2)cc1. The summed E-state index contributed by atoms with van der Waals surface area (Å²) in [6, 6.07) is 13.0. The zero-order chi connectivity index (χ0) is 25.5. The van der Waals surface area contributed by atoms with E-state index in [2.05, 4.69) is 41.5 Å². The van der Waals surface area contributed by atoms with E-state index in [1.807, 2.05) is 24.4 Å². The molecule has 0 saturated heterocycles. The Labute approximate surface area is 213 Å². The standard InChI is InChI=1S/C24H25N7O3S2/c1-16(15-32)27-22-20(21-6-4-12-35-21)14-26-23(30-22)28-17-7-9-19(10-8-17)36(2,34)31-24(33)29-18-5-3-11-25-13-18/h3-14,16,32H,2,15H2,1H3,(H2,26,27,28,30)(H2,29,31,33,34)/t16-,36?/m1/s1. The molecular formula is C24H25N7O3S2. The molecule has 2 atom stereocenters. The molecule has 0 aliphatic rings. The first-order valence-electron chi connectivity index (χ1n) is 10.9. The number of benzene rings is 1. The Morgan fingerprint density at radius 1 is 1.14 bits per heavy atom. The number of hydrogen-bond acceptors (Lipinski definition) is 9. The van der Waals surface area contributed by atoms with E-state index in [-0.39, 0.29) is 12.6 Å². The summed E-state index contributed by atoms with van der Waals surface area (Å²) < 4.78 is 15.4. The van der Waals surface area contributed by atoms with Gasteiger partial charge in [-0.2, -0.15) is 4.98 Å². The highest BCUT2D eigenvalue weighted by Gasteiger charge is 2.14. The zero-order valence-corrected chi connectivity index (χ0v) is 21.0. The van der Waals surface area contributed by atoms with Gasteiger partial charge in [-0.3, -0.25) is 9.71 Å². The quantitative estimate of drug-likeness (QED) is 0.208. The Kier molecular flexibility index (Phi) is 7.78. The van der Waals surface area contributed by atoms with Crippen LogP contribution < -0.4 is 20.7 Å². The van der Waals surface area contributed by atoms with Crippen molar-refractivity contribution in [3.8, 4) is 10.4 Å². The van der Waals surface area contributed by atoms with Crippen LogP contribution in [-0.4, -0.2) is 48.8 Å². The van der Waals surface area contributed by atoms with Crippen LogP contribution in [0.3, 0.4) is 0 Å². The summed E-state index contributed by atoms with van der Waals surface area (Å²) >= 11 is 1.57. The minimum absolute atomic E-state index is 0.0449. The Bertz CT molecular complexity index is 1410. The number of rotatable bonds is 9. The van der Waals surface area contributed by atoms with Crippen molar-refractivity contribution in [1.29, 1.82) is 0 Å². The lowest BCUT2D eigenvalue weighted by atomic mass is 10.2. The van der Waals surface area contributed by atoms with Gasteiger partial charge in [-0.05, 0) is 60.6 Å². The van der Waals surface area contributed by atoms with Crippen molar-refractivity contribution in [2.24, 2.45) is 0 Å². The fourth-order valence-corrected chi connectivity index (χ4v) is 4.91. The number of carbonyl (C=O) groups is 1. The molecule has 4 rings (SSSR count). The third kappa shape index (κ3) is 6.36. The minimum Gasteiger partial charge on any atom is -0.394 e. The second-order valence-corrected chi connectivity index (χ2v) is 10.8. The largest absolute Gasteiger partial charge is 0.394 e. The van der Waals surface area contributed by atoms with E-state index in [9.17, 15) is 14.1 Å². The molecule has 3 aromatic heterocycles. The average molecular weight is 524 g/mol. The summed E-state index contributed by atoms with van der Waals surface area (Å²) in [5.74, 6) is 4.63. The highest BCUT2D eigenvalue weighted by molar-refractivity contribution is 7.99. The number of hydrogen-bond donors (Lipinski definition) is 5. The molecule has 1 unspecified atom stereocenters. The van der Waals surface area contributed by atoms with Crippen molar-refractivity contribution in [2.75, 3.05) is 22.6 Å². The summed E-state index contributed by atoms with van der Waals surface area (Å²) in [4.78, 5) is 26.5. The maximum absolute atomic E-state index is 13.0. The lowest BCUT2D eigenvalue weighted by Crippen LogP contribution is -2.34. The highest BCUT2D eigenvalue weighted by atomic mass is 32.2. The number of nitrogens with one attached hydrogen (secondary N) is 4. The topological polar surface area (TPSA) is 141 Å². The molecule has 10 nitrogen and oxygen atoms in total. The molecule has 36 heavy (non-hydrogen) atoms. The number of nitrogens with zero attached hydrogens (tertiary/aromatic N) is 3. The number of anilines is 4. The summed E-state index contributed by atoms with van der Waals surface area (Å²) in [5.41, 5.74) is 1.95. The van der Waals surface area contributed by atoms with Crippen LogP contribution in [0, 0.1) is 0 Å². The highest BCUT2D eigenvalue weighted by Crippen LogP contribution is 2.31. The van der Waals surface area contributed by atoms with Crippen LogP contribution in [0.15, 0.2) is 77.4 Å². The lowest BCUT2D eigenvalue weighted by Gasteiger charge is -2.16. The molecule has 2 amide bonds. The maximum Gasteiger partial charge on any atom is 0.330 e. The lowest BCUT2D eigenvalue weighted by molar-refractivity contribution is 0.257. The van der Waals surface area contributed by atoms with Crippen LogP contribution in [0.5, 0.6) is 0 Å². The number of aromatic nitrogens is 3. The molecule has 186 valence electrons. The van der Waals surface area contributed by atoms with Gasteiger partial charge in [-0.15, -0.1) is 11.3 Å². The normalized spacial score (nSPS) is 13.3. The molecule has 0 aliphatic heterocycles. The Hall–Kier alpha value is -4.00. The molecule has 0 aliphatic carbocycles. The van der Waals surface area contributed by atoms with Crippen molar-refractivity contribution in [3.63, 3.8) is 0 Å². The van der Waals surface area contributed by atoms with Crippen LogP contribution in [0.25, 0.3) is 10.4 Å². The molecule has 0 fully saturated rings. The van der Waals surface area contributed by atoms with Crippen LogP contribution in [0.4, 0.5) is 27.9 Å². The Morgan fingerprint density at radius 2 is 1.94 bits per heavy atom. The van der Waals surface area contributed by atoms with Crippen molar-refractivity contribution < 1.29 is 14.1 Å². The van der Waals surface area contributed by atoms with Gasteiger partial charge in [0.25, 0.3) is 0 Å². The van der Waals surface area contributed by atoms with Gasteiger partial charge in [0.1, 0.15) is 5.82 Å². The number of pyridine rings is 1. The molecule has 0 radical (unpaired) electrons. The van der Waals surface area contributed by atoms with Crippen molar-refractivity contribution >= 4 is 56.1 Å². The average Bonchev–Trinajstić information content (AvgIpc) is 3.39. The van der Waals surface area contributed by atoms with Gasteiger partial charge >= 0.3 is 6.03 Å². The van der Waals surface area contributed by atoms with E-state index in [0.717, 1.165) is 10.4 Å². The summed E-state index contributed by atoms with van der Waals surface area (Å²) in [6.07, 6.45) is 4.78. The van der Waals surface area contributed by atoms with E-state index in [0.29, 0.717) is 28.0 Å². The van der Waals surface area contributed by atoms with Gasteiger partial charge in [0.05, 0.1) is 33.8 Å². The van der Waals surface area contributed by atoms with Crippen molar-refractivity contribution in [2.45, 2.75) is 17.9 Å². The first-order chi connectivity index (χ1) is 17.3. The predicted octanol–water partition coefficient (Wildman–Crippen LogP) is 3.95. The smallest absolute Gasteiger partial charge is 0.330 e. The van der Waals surface area contributed by atoms with Crippen LogP contribution in [-0.2, 0) is 9.71 Å². The molecule has 4 aromatic rings. The molecule has 0 saturated carbocycles. The number of aliphatic hydroxyl groups excluding tert-OH is 1. The third-order valence-electron chi connectivity index (χ3n) is 4.90. The number of urea groups is 1. The summed E-state index contributed by atoms with van der Waals surface area (Å²) in [7, 11) is -3.10. The number of thiophene rings is 1. The van der Waals surface area contributed by atoms with Gasteiger partial charge in [-0.1, -0.05) is 6.07 Å². The van der Waals surface area contributed by atoms with E-state index in [1.54, 1.807) is 60.1 Å². The Balaban J connectivity index is 1.47. The molecule has 12 heteroatoms. The van der Waals surface area contributed by atoms with Crippen LogP contribution >= 0.6 is 11.3 Å². The second-order valence-electron chi connectivity index (χ2n) is 7.78. The van der Waals surface area contributed by atoms with Crippen molar-refractivity contribution in [3.05, 3.63) is 72.5 Å². The second kappa shape index (κ2) is 11.2. The van der Waals surface area contributed by atoms with E-state index < -0.39 is 15.7 Å². The molecule has 0 spiro atoms. The Morgan fingerprint density at radius 3 is 2.61 bits per heavy atom. The third-order valence-corrected chi connectivity index (χ3v) is 7.35. The molecule has 5 N–H and O–H groups in total. The fourth-order valence-electron chi connectivity index (χ4n) is 3.13. The van der Waals surface area contributed by atoms with E-state index in [1.165, 1.54) is 6.20 Å². The zero-order valence-electron chi connectivity index (χ0n) is 19.3. The van der Waals surface area contributed by atoms with E-state index in [4.69, 9.17) is 0 Å². The molecular weight excluding hydrogens is 498 g/mol. The first kappa shape index (κ1) is 25.1. The van der Waals surface area contributed by atoms with Gasteiger partial charge in [0, 0.05) is 33.9 Å². The monoisotopic (exact) mass is 523 g/mol. The van der Waals surface area contributed by atoms with Crippen molar-refractivity contribution in [1.82, 2.24) is 19.7 Å². The van der Waals surface area contributed by atoms with E-state index >= 15 is 0 Å². The first-order valence-corrected chi connectivity index (χ1v) is 13.5.